The highest BCUT2D eigenvalue weighted by Crippen LogP contribution is 2.25. The lowest BCUT2D eigenvalue weighted by molar-refractivity contribution is 0.322. The molecule has 5 heteroatoms. The maximum atomic E-state index is 8.77. The van der Waals surface area contributed by atoms with Crippen molar-refractivity contribution in [2.75, 3.05) is 0 Å². The van der Waals surface area contributed by atoms with Crippen molar-refractivity contribution in [3.8, 4) is 11.4 Å². The standard InChI is InChI=1S/C15H13N2O2P/c18-16-9-11-10-17(15-4-2-1-3-14(11)15)12-5-7-13(19-20)8-6-12/h1-10,18H,20H2/b16-9+. The van der Waals surface area contributed by atoms with Crippen molar-refractivity contribution < 1.29 is 9.73 Å². The zero-order valence-corrected chi connectivity index (χ0v) is 11.8. The molecule has 0 spiro atoms. The molecule has 1 unspecified atom stereocenters. The summed E-state index contributed by atoms with van der Waals surface area (Å²) >= 11 is 0. The third-order valence-electron chi connectivity index (χ3n) is 3.19. The topological polar surface area (TPSA) is 46.8 Å². The van der Waals surface area contributed by atoms with Gasteiger partial charge in [-0.1, -0.05) is 23.4 Å². The maximum Gasteiger partial charge on any atom is 0.122 e. The normalized spacial score (nSPS) is 11.2. The van der Waals surface area contributed by atoms with Gasteiger partial charge in [-0.3, -0.25) is 0 Å². The summed E-state index contributed by atoms with van der Waals surface area (Å²) in [6.07, 6.45) is 3.39. The van der Waals surface area contributed by atoms with Crippen LogP contribution in [0.4, 0.5) is 0 Å². The first-order valence-electron chi connectivity index (χ1n) is 6.08. The lowest BCUT2D eigenvalue weighted by Gasteiger charge is -2.06. The van der Waals surface area contributed by atoms with E-state index in [0.717, 1.165) is 27.9 Å². The van der Waals surface area contributed by atoms with E-state index in [2.05, 4.69) is 19.2 Å². The van der Waals surface area contributed by atoms with Crippen molar-refractivity contribution in [1.29, 1.82) is 0 Å². The minimum Gasteiger partial charge on any atom is -0.480 e. The van der Waals surface area contributed by atoms with Crippen molar-refractivity contribution in [3.63, 3.8) is 0 Å². The molecule has 100 valence electrons. The van der Waals surface area contributed by atoms with Crippen LogP contribution in [0.25, 0.3) is 16.6 Å². The molecule has 0 radical (unpaired) electrons. The first kappa shape index (κ1) is 12.7. The lowest BCUT2D eigenvalue weighted by Crippen LogP contribution is -1.91. The molecule has 0 saturated heterocycles. The fourth-order valence-electron chi connectivity index (χ4n) is 2.27. The highest BCUT2D eigenvalue weighted by molar-refractivity contribution is 7.10. The van der Waals surface area contributed by atoms with Crippen molar-refractivity contribution >= 4 is 26.6 Å². The smallest absolute Gasteiger partial charge is 0.122 e. The SMILES string of the molecule is O/N=C/c1cn(-c2ccc(OP)cc2)c2ccccc12. The van der Waals surface area contributed by atoms with Gasteiger partial charge in [0.05, 0.1) is 21.2 Å². The van der Waals surface area contributed by atoms with Crippen LogP contribution in [0.2, 0.25) is 0 Å². The monoisotopic (exact) mass is 284 g/mol. The van der Waals surface area contributed by atoms with E-state index in [1.54, 1.807) is 0 Å². The molecule has 4 nitrogen and oxygen atoms in total. The van der Waals surface area contributed by atoms with Crippen LogP contribution in [0.3, 0.4) is 0 Å². The molecule has 0 fully saturated rings. The van der Waals surface area contributed by atoms with Crippen LogP contribution in [-0.4, -0.2) is 16.0 Å². The first-order chi connectivity index (χ1) is 9.83. The third-order valence-corrected chi connectivity index (χ3v) is 3.46. The van der Waals surface area contributed by atoms with Gasteiger partial charge in [0.15, 0.2) is 0 Å². The predicted octanol–water partition coefficient (Wildman–Crippen LogP) is 3.61. The van der Waals surface area contributed by atoms with Crippen molar-refractivity contribution in [2.45, 2.75) is 0 Å². The number of nitrogens with zero attached hydrogens (tertiary/aromatic N) is 2. The predicted molar refractivity (Wildman–Crippen MR) is 83.0 cm³/mol. The second-order valence-electron chi connectivity index (χ2n) is 4.33. The Bertz CT molecular complexity index is 763. The number of oxime groups is 1. The Morgan fingerprint density at radius 3 is 2.55 bits per heavy atom. The molecule has 0 aliphatic rings. The Labute approximate surface area is 118 Å². The van der Waals surface area contributed by atoms with Gasteiger partial charge in [-0.05, 0) is 30.3 Å². The van der Waals surface area contributed by atoms with E-state index in [1.165, 1.54) is 6.21 Å². The molecular formula is C15H13N2O2P. The second-order valence-corrected chi connectivity index (χ2v) is 4.56. The van der Waals surface area contributed by atoms with Gasteiger partial charge in [-0.25, -0.2) is 0 Å². The summed E-state index contributed by atoms with van der Waals surface area (Å²) in [5.74, 6) is 0.785. The van der Waals surface area contributed by atoms with Crippen molar-refractivity contribution in [1.82, 2.24) is 4.57 Å². The van der Waals surface area contributed by atoms with E-state index in [0.29, 0.717) is 0 Å². The summed E-state index contributed by atoms with van der Waals surface area (Å²) in [7, 11) is 2.23. The van der Waals surface area contributed by atoms with E-state index in [9.17, 15) is 0 Å². The van der Waals surface area contributed by atoms with Crippen LogP contribution in [0, 0.1) is 0 Å². The number of benzene rings is 2. The molecule has 1 heterocycles. The third kappa shape index (κ3) is 2.15. The van der Waals surface area contributed by atoms with E-state index in [-0.39, 0.29) is 0 Å². The Morgan fingerprint density at radius 1 is 1.10 bits per heavy atom. The van der Waals surface area contributed by atoms with Crippen LogP contribution in [0.1, 0.15) is 5.56 Å². The molecule has 0 saturated carbocycles. The molecule has 0 aliphatic heterocycles. The van der Waals surface area contributed by atoms with Crippen LogP contribution in [0.15, 0.2) is 59.9 Å². The van der Waals surface area contributed by atoms with Crippen LogP contribution >= 0.6 is 9.47 Å². The zero-order valence-electron chi connectivity index (χ0n) is 10.6. The summed E-state index contributed by atoms with van der Waals surface area (Å²) in [5, 5.41) is 12.9. The van der Waals surface area contributed by atoms with E-state index in [1.807, 2.05) is 54.7 Å². The van der Waals surface area contributed by atoms with Gasteiger partial charge in [-0.15, -0.1) is 0 Å². The maximum absolute atomic E-state index is 8.77. The zero-order chi connectivity index (χ0) is 13.9. The fourth-order valence-corrected chi connectivity index (χ4v) is 2.43. The fraction of sp³-hybridized carbons (Fsp3) is 0. The number of hydrogen-bond acceptors (Lipinski definition) is 3. The molecule has 0 aliphatic carbocycles. The lowest BCUT2D eigenvalue weighted by atomic mass is 10.2. The van der Waals surface area contributed by atoms with Crippen molar-refractivity contribution in [3.05, 3.63) is 60.3 Å². The van der Waals surface area contributed by atoms with E-state index < -0.39 is 0 Å². The molecule has 1 aromatic heterocycles. The van der Waals surface area contributed by atoms with Gasteiger partial charge in [0.2, 0.25) is 0 Å². The molecule has 0 bridgehead atoms. The second kappa shape index (κ2) is 5.35. The van der Waals surface area contributed by atoms with Gasteiger partial charge in [0, 0.05) is 22.8 Å². The van der Waals surface area contributed by atoms with Gasteiger partial charge in [-0.2, -0.15) is 0 Å². The summed E-state index contributed by atoms with van der Waals surface area (Å²) in [5.41, 5.74) is 2.95. The van der Waals surface area contributed by atoms with Crippen LogP contribution < -0.4 is 4.52 Å². The Morgan fingerprint density at radius 2 is 1.85 bits per heavy atom. The minimum atomic E-state index is 0.785. The molecule has 1 atom stereocenters. The average Bonchev–Trinajstić information content (AvgIpc) is 2.87. The molecule has 20 heavy (non-hydrogen) atoms. The van der Waals surface area contributed by atoms with Gasteiger partial charge in [0.25, 0.3) is 0 Å². The number of fused-ring (bicyclic) bond motifs is 1. The minimum absolute atomic E-state index is 0.785. The van der Waals surface area contributed by atoms with Crippen LogP contribution in [0.5, 0.6) is 5.75 Å². The Balaban J connectivity index is 2.19. The number of para-hydroxylation sites is 1. The van der Waals surface area contributed by atoms with E-state index in [4.69, 9.17) is 9.73 Å². The number of hydrogen-bond donors (Lipinski definition) is 1. The number of aromatic nitrogens is 1. The van der Waals surface area contributed by atoms with Gasteiger partial charge < -0.3 is 14.3 Å². The number of rotatable bonds is 3. The molecule has 0 amide bonds. The quantitative estimate of drug-likeness (QED) is 0.346. The van der Waals surface area contributed by atoms with E-state index >= 15 is 0 Å². The van der Waals surface area contributed by atoms with Crippen molar-refractivity contribution in [2.24, 2.45) is 5.16 Å². The van der Waals surface area contributed by atoms with Gasteiger partial charge in [0.1, 0.15) is 5.75 Å². The van der Waals surface area contributed by atoms with Crippen LogP contribution in [-0.2, 0) is 0 Å². The highest BCUT2D eigenvalue weighted by atomic mass is 31.0. The summed E-state index contributed by atoms with van der Waals surface area (Å²) < 4.78 is 7.14. The summed E-state index contributed by atoms with van der Waals surface area (Å²) in [4.78, 5) is 0. The summed E-state index contributed by atoms with van der Waals surface area (Å²) in [6.45, 7) is 0. The average molecular weight is 284 g/mol. The largest absolute Gasteiger partial charge is 0.480 e. The molecule has 1 N–H and O–H groups in total. The molecule has 3 aromatic rings. The first-order valence-corrected chi connectivity index (χ1v) is 6.55. The Kier molecular flexibility index (Phi) is 3.40. The summed E-state index contributed by atoms with van der Waals surface area (Å²) in [6, 6.07) is 15.7. The Hall–Kier alpha value is -2.32. The molecular weight excluding hydrogens is 271 g/mol. The highest BCUT2D eigenvalue weighted by Gasteiger charge is 2.08. The molecule has 2 aromatic carbocycles. The van der Waals surface area contributed by atoms with Gasteiger partial charge >= 0.3 is 0 Å². The molecule has 3 rings (SSSR count).